The first-order chi connectivity index (χ1) is 14.0. The number of halogens is 1. The Morgan fingerprint density at radius 1 is 0.931 bits per heavy atom. The van der Waals surface area contributed by atoms with E-state index in [1.54, 1.807) is 42.1 Å². The standard InChI is InChI=1S/C21H19ClN2O3S2/c22-19-12-11-16(21(25)23-13-14-28-18-9-5-2-6-10-18)15-20(19)29(26,27)24-17-7-3-1-4-8-17/h1-12,15,24H,13-14H2,(H,23,25). The SMILES string of the molecule is O=C(NCCSc1ccccc1)c1ccc(Cl)c(S(=O)(=O)Nc2ccccc2)c1. The van der Waals surface area contributed by atoms with Crippen molar-refractivity contribution in [2.75, 3.05) is 17.0 Å². The summed E-state index contributed by atoms with van der Waals surface area (Å²) in [5, 5.41) is 2.84. The maximum atomic E-state index is 12.7. The van der Waals surface area contributed by atoms with Gasteiger partial charge >= 0.3 is 0 Å². The lowest BCUT2D eigenvalue weighted by atomic mass is 10.2. The molecule has 0 aliphatic heterocycles. The van der Waals surface area contributed by atoms with Gasteiger partial charge in [-0.15, -0.1) is 11.8 Å². The second-order valence-electron chi connectivity index (χ2n) is 6.03. The summed E-state index contributed by atoms with van der Waals surface area (Å²) in [6.07, 6.45) is 0. The molecule has 0 heterocycles. The Labute approximate surface area is 179 Å². The molecule has 3 aromatic rings. The predicted molar refractivity (Wildman–Crippen MR) is 118 cm³/mol. The van der Waals surface area contributed by atoms with Crippen LogP contribution >= 0.6 is 23.4 Å². The number of carbonyl (C=O) groups is 1. The van der Waals surface area contributed by atoms with E-state index in [0.717, 1.165) is 4.90 Å². The first kappa shape index (κ1) is 21.2. The van der Waals surface area contributed by atoms with Gasteiger partial charge in [0.15, 0.2) is 0 Å². The fourth-order valence-corrected chi connectivity index (χ4v) is 4.89. The average molecular weight is 447 g/mol. The molecule has 2 N–H and O–H groups in total. The summed E-state index contributed by atoms with van der Waals surface area (Å²) in [4.78, 5) is 13.4. The third kappa shape index (κ3) is 6.00. The van der Waals surface area contributed by atoms with Gasteiger partial charge in [-0.25, -0.2) is 8.42 Å². The van der Waals surface area contributed by atoms with Crippen LogP contribution in [0.3, 0.4) is 0 Å². The molecule has 0 aliphatic rings. The van der Waals surface area contributed by atoms with Crippen LogP contribution in [0.5, 0.6) is 0 Å². The number of nitrogens with one attached hydrogen (secondary N) is 2. The van der Waals surface area contributed by atoms with E-state index in [4.69, 9.17) is 11.6 Å². The molecule has 0 bridgehead atoms. The summed E-state index contributed by atoms with van der Waals surface area (Å²) in [5.74, 6) is 0.343. The van der Waals surface area contributed by atoms with Crippen molar-refractivity contribution in [1.82, 2.24) is 5.32 Å². The Morgan fingerprint density at radius 3 is 2.28 bits per heavy atom. The predicted octanol–water partition coefficient (Wildman–Crippen LogP) is 4.66. The molecule has 0 unspecified atom stereocenters. The Bertz CT molecular complexity index is 1080. The van der Waals surface area contributed by atoms with Crippen LogP contribution in [-0.4, -0.2) is 26.6 Å². The minimum absolute atomic E-state index is 0.0459. The van der Waals surface area contributed by atoms with Gasteiger partial charge in [0.2, 0.25) is 0 Å². The number of rotatable bonds is 8. The molecule has 0 spiro atoms. The van der Waals surface area contributed by atoms with Crippen LogP contribution in [0.2, 0.25) is 5.02 Å². The highest BCUT2D eigenvalue weighted by atomic mass is 35.5. The first-order valence-electron chi connectivity index (χ1n) is 8.79. The average Bonchev–Trinajstić information content (AvgIpc) is 2.72. The van der Waals surface area contributed by atoms with Crippen molar-refractivity contribution in [1.29, 1.82) is 0 Å². The van der Waals surface area contributed by atoms with Crippen LogP contribution < -0.4 is 10.0 Å². The molecule has 0 aromatic heterocycles. The van der Waals surface area contributed by atoms with E-state index in [1.807, 2.05) is 30.3 Å². The minimum atomic E-state index is -3.93. The molecule has 0 fully saturated rings. The molecule has 29 heavy (non-hydrogen) atoms. The highest BCUT2D eigenvalue weighted by Gasteiger charge is 2.20. The van der Waals surface area contributed by atoms with Gasteiger partial charge in [0.25, 0.3) is 15.9 Å². The highest BCUT2D eigenvalue weighted by molar-refractivity contribution is 7.99. The van der Waals surface area contributed by atoms with Crippen LogP contribution in [0.1, 0.15) is 10.4 Å². The third-order valence-electron chi connectivity index (χ3n) is 3.91. The summed E-state index contributed by atoms with van der Waals surface area (Å²) >= 11 is 7.72. The van der Waals surface area contributed by atoms with Crippen LogP contribution in [0.4, 0.5) is 5.69 Å². The zero-order chi connectivity index (χ0) is 20.7. The molecule has 0 saturated carbocycles. The number of hydrogen-bond donors (Lipinski definition) is 2. The number of sulfonamides is 1. The lowest BCUT2D eigenvalue weighted by molar-refractivity contribution is 0.0956. The van der Waals surface area contributed by atoms with Gasteiger partial charge in [-0.05, 0) is 42.5 Å². The fourth-order valence-electron chi connectivity index (χ4n) is 2.52. The number of benzene rings is 3. The number of hydrogen-bond acceptors (Lipinski definition) is 4. The van der Waals surface area contributed by atoms with Crippen molar-refractivity contribution in [2.45, 2.75) is 9.79 Å². The molecular formula is C21H19ClN2O3S2. The molecule has 0 saturated heterocycles. The summed E-state index contributed by atoms with van der Waals surface area (Å²) in [6, 6.07) is 22.6. The molecule has 1 amide bonds. The summed E-state index contributed by atoms with van der Waals surface area (Å²) in [7, 11) is -3.93. The van der Waals surface area contributed by atoms with Crippen molar-refractivity contribution in [3.8, 4) is 0 Å². The van der Waals surface area contributed by atoms with E-state index >= 15 is 0 Å². The molecular weight excluding hydrogens is 428 g/mol. The molecule has 3 rings (SSSR count). The Balaban J connectivity index is 1.65. The maximum Gasteiger partial charge on any atom is 0.263 e. The van der Waals surface area contributed by atoms with Crippen molar-refractivity contribution in [2.24, 2.45) is 0 Å². The number of amides is 1. The molecule has 0 atom stereocenters. The van der Waals surface area contributed by atoms with E-state index in [0.29, 0.717) is 18.0 Å². The first-order valence-corrected chi connectivity index (χ1v) is 11.6. The molecule has 5 nitrogen and oxygen atoms in total. The van der Waals surface area contributed by atoms with Crippen molar-refractivity contribution < 1.29 is 13.2 Å². The van der Waals surface area contributed by atoms with Gasteiger partial charge in [-0.1, -0.05) is 48.0 Å². The lowest BCUT2D eigenvalue weighted by Crippen LogP contribution is -2.26. The van der Waals surface area contributed by atoms with Gasteiger partial charge < -0.3 is 5.32 Å². The molecule has 0 aliphatic carbocycles. The Morgan fingerprint density at radius 2 is 1.59 bits per heavy atom. The summed E-state index contributed by atoms with van der Waals surface area (Å²) in [5.41, 5.74) is 0.643. The molecule has 0 radical (unpaired) electrons. The zero-order valence-corrected chi connectivity index (χ0v) is 17.7. The number of carbonyl (C=O) groups excluding carboxylic acids is 1. The van der Waals surface area contributed by atoms with E-state index in [9.17, 15) is 13.2 Å². The number of anilines is 1. The highest BCUT2D eigenvalue weighted by Crippen LogP contribution is 2.25. The normalized spacial score (nSPS) is 11.1. The van der Waals surface area contributed by atoms with Gasteiger partial charge in [-0.3, -0.25) is 9.52 Å². The van der Waals surface area contributed by atoms with Crippen LogP contribution in [0, 0.1) is 0 Å². The topological polar surface area (TPSA) is 75.3 Å². The van der Waals surface area contributed by atoms with E-state index in [2.05, 4.69) is 10.0 Å². The summed E-state index contributed by atoms with van der Waals surface area (Å²) < 4.78 is 27.8. The van der Waals surface area contributed by atoms with Crippen molar-refractivity contribution in [3.63, 3.8) is 0 Å². The van der Waals surface area contributed by atoms with Gasteiger partial charge in [-0.2, -0.15) is 0 Å². The Hall–Kier alpha value is -2.48. The monoisotopic (exact) mass is 446 g/mol. The van der Waals surface area contributed by atoms with E-state index in [1.165, 1.54) is 18.2 Å². The van der Waals surface area contributed by atoms with Crippen molar-refractivity contribution in [3.05, 3.63) is 89.4 Å². The number of para-hydroxylation sites is 1. The fraction of sp³-hybridized carbons (Fsp3) is 0.0952. The third-order valence-corrected chi connectivity index (χ3v) is 6.79. The van der Waals surface area contributed by atoms with Crippen LogP contribution in [0.15, 0.2) is 88.7 Å². The quantitative estimate of drug-likeness (QED) is 0.389. The molecule has 150 valence electrons. The van der Waals surface area contributed by atoms with Gasteiger partial charge in [0, 0.05) is 28.4 Å². The van der Waals surface area contributed by atoms with E-state index in [-0.39, 0.29) is 21.4 Å². The van der Waals surface area contributed by atoms with Crippen molar-refractivity contribution >= 4 is 45.0 Å². The smallest absolute Gasteiger partial charge is 0.263 e. The zero-order valence-electron chi connectivity index (χ0n) is 15.3. The second-order valence-corrected chi connectivity index (χ2v) is 9.26. The summed E-state index contributed by atoms with van der Waals surface area (Å²) in [6.45, 7) is 0.450. The Kier molecular flexibility index (Phi) is 7.19. The maximum absolute atomic E-state index is 12.7. The minimum Gasteiger partial charge on any atom is -0.351 e. The van der Waals surface area contributed by atoms with E-state index < -0.39 is 10.0 Å². The van der Waals surface area contributed by atoms with Crippen LogP contribution in [0.25, 0.3) is 0 Å². The van der Waals surface area contributed by atoms with Crippen LogP contribution in [-0.2, 0) is 10.0 Å². The lowest BCUT2D eigenvalue weighted by Gasteiger charge is -2.11. The molecule has 8 heteroatoms. The largest absolute Gasteiger partial charge is 0.351 e. The van der Waals surface area contributed by atoms with Gasteiger partial charge in [0.1, 0.15) is 4.90 Å². The van der Waals surface area contributed by atoms with Gasteiger partial charge in [0.05, 0.1) is 5.02 Å². The number of thioether (sulfide) groups is 1. The second kappa shape index (κ2) is 9.82. The molecule has 3 aromatic carbocycles.